The third kappa shape index (κ3) is 2.44. The van der Waals surface area contributed by atoms with Crippen LogP contribution in [0.3, 0.4) is 0 Å². The highest BCUT2D eigenvalue weighted by Crippen LogP contribution is 2.23. The topological polar surface area (TPSA) is 82.0 Å². The monoisotopic (exact) mass is 205 g/mol. The molecule has 4 nitrogen and oxygen atoms in total. The van der Waals surface area contributed by atoms with E-state index in [1.54, 1.807) is 0 Å². The lowest BCUT2D eigenvalue weighted by atomic mass is 10.2. The third-order valence-corrected chi connectivity index (χ3v) is 2.48. The largest absolute Gasteiger partial charge is 0.370 e. The van der Waals surface area contributed by atoms with Crippen LogP contribution in [-0.2, 0) is 4.79 Å². The molecule has 0 bridgehead atoms. The van der Waals surface area contributed by atoms with E-state index in [9.17, 15) is 4.79 Å². The van der Waals surface area contributed by atoms with Crippen LogP contribution in [-0.4, -0.2) is 10.9 Å². The van der Waals surface area contributed by atoms with Crippen molar-refractivity contribution in [1.29, 1.82) is 0 Å². The second-order valence-corrected chi connectivity index (χ2v) is 3.97. The minimum atomic E-state index is -0.436. The van der Waals surface area contributed by atoms with Gasteiger partial charge in [-0.15, -0.1) is 11.3 Å². The quantitative estimate of drug-likeness (QED) is 0.761. The summed E-state index contributed by atoms with van der Waals surface area (Å²) in [5.74, 6) is -0.436. The van der Waals surface area contributed by atoms with Gasteiger partial charge in [0.1, 0.15) is 9.34 Å². The van der Waals surface area contributed by atoms with Gasteiger partial charge >= 0.3 is 0 Å². The van der Waals surface area contributed by atoms with Crippen LogP contribution in [0.5, 0.6) is 0 Å². The summed E-state index contributed by atoms with van der Waals surface area (Å²) >= 11 is 6.88. The van der Waals surface area contributed by atoms with E-state index < -0.39 is 11.9 Å². The highest BCUT2D eigenvalue weighted by Gasteiger charge is 2.12. The van der Waals surface area contributed by atoms with Crippen LogP contribution in [0.15, 0.2) is 6.20 Å². The van der Waals surface area contributed by atoms with E-state index >= 15 is 0 Å². The number of nitrogens with two attached hydrogens (primary N) is 2. The van der Waals surface area contributed by atoms with Crippen molar-refractivity contribution in [2.24, 2.45) is 11.5 Å². The maximum Gasteiger partial charge on any atom is 0.219 e. The summed E-state index contributed by atoms with van der Waals surface area (Å²) in [5, 5.41) is 0.638. The van der Waals surface area contributed by atoms with Gasteiger partial charge in [-0.05, 0) is 0 Å². The van der Waals surface area contributed by atoms with Gasteiger partial charge in [-0.2, -0.15) is 0 Å². The minimum Gasteiger partial charge on any atom is -0.370 e. The Bertz CT molecular complexity index is 288. The Morgan fingerprint density at radius 2 is 2.50 bits per heavy atom. The number of nitrogens with zero attached hydrogens (tertiary/aromatic N) is 1. The van der Waals surface area contributed by atoms with Crippen molar-refractivity contribution in [3.63, 3.8) is 0 Å². The number of hydrogen-bond donors (Lipinski definition) is 2. The molecule has 0 saturated carbocycles. The summed E-state index contributed by atoms with van der Waals surface area (Å²) < 4.78 is 0.560. The number of carbonyl (C=O) groups excluding carboxylic acids is 1. The normalized spacial score (nSPS) is 12.8. The van der Waals surface area contributed by atoms with Gasteiger partial charge in [-0.1, -0.05) is 11.6 Å². The lowest BCUT2D eigenvalue weighted by Crippen LogP contribution is -2.20. The summed E-state index contributed by atoms with van der Waals surface area (Å²) in [6.45, 7) is 0. The molecule has 1 heterocycles. The first-order valence-electron chi connectivity index (χ1n) is 3.24. The molecule has 0 aliphatic rings. The zero-order valence-corrected chi connectivity index (χ0v) is 7.73. The Hall–Kier alpha value is -0.650. The molecule has 1 amide bonds. The number of carbonyl (C=O) groups is 1. The number of aromatic nitrogens is 1. The van der Waals surface area contributed by atoms with Crippen LogP contribution >= 0.6 is 22.9 Å². The molecule has 6 heteroatoms. The smallest absolute Gasteiger partial charge is 0.219 e. The summed E-state index contributed by atoms with van der Waals surface area (Å²) in [5.41, 5.74) is 10.6. The van der Waals surface area contributed by atoms with Gasteiger partial charge in [0, 0.05) is 6.42 Å². The lowest BCUT2D eigenvalue weighted by Gasteiger charge is -2.03. The molecule has 0 spiro atoms. The second kappa shape index (κ2) is 3.84. The standard InChI is InChI=1S/C6H8ClN3OS/c7-4-2-10-6(12-4)3(8)1-5(9)11/h2-3H,1,8H2,(H2,9,11)/t3-/m0/s1. The predicted octanol–water partition coefficient (Wildman–Crippen LogP) is 0.672. The van der Waals surface area contributed by atoms with Crippen LogP contribution < -0.4 is 11.5 Å². The number of amides is 1. The fourth-order valence-corrected chi connectivity index (χ4v) is 1.67. The number of rotatable bonds is 3. The van der Waals surface area contributed by atoms with Gasteiger partial charge in [0.15, 0.2) is 0 Å². The Balaban J connectivity index is 2.64. The molecular formula is C6H8ClN3OS. The molecule has 0 radical (unpaired) electrons. The molecule has 1 aromatic heterocycles. The van der Waals surface area contributed by atoms with Crippen LogP contribution in [0.1, 0.15) is 17.5 Å². The average molecular weight is 206 g/mol. The number of hydrogen-bond acceptors (Lipinski definition) is 4. The molecule has 0 fully saturated rings. The predicted molar refractivity (Wildman–Crippen MR) is 47.9 cm³/mol. The van der Waals surface area contributed by atoms with Crippen molar-refractivity contribution in [1.82, 2.24) is 4.98 Å². The van der Waals surface area contributed by atoms with Crippen LogP contribution in [0.25, 0.3) is 0 Å². The Kier molecular flexibility index (Phi) is 3.02. The molecule has 1 atom stereocenters. The fourth-order valence-electron chi connectivity index (χ4n) is 0.742. The van der Waals surface area contributed by atoms with Gasteiger partial charge in [-0.3, -0.25) is 4.79 Å². The van der Waals surface area contributed by atoms with E-state index in [-0.39, 0.29) is 6.42 Å². The van der Waals surface area contributed by atoms with Gasteiger partial charge in [0.05, 0.1) is 12.2 Å². The van der Waals surface area contributed by atoms with Crippen molar-refractivity contribution in [2.75, 3.05) is 0 Å². The van der Waals surface area contributed by atoms with E-state index in [4.69, 9.17) is 23.1 Å². The summed E-state index contributed by atoms with van der Waals surface area (Å²) in [6, 6.07) is -0.431. The lowest BCUT2D eigenvalue weighted by molar-refractivity contribution is -0.118. The summed E-state index contributed by atoms with van der Waals surface area (Å²) in [7, 11) is 0. The fraction of sp³-hybridized carbons (Fsp3) is 0.333. The van der Waals surface area contributed by atoms with Crippen LogP contribution in [0.4, 0.5) is 0 Å². The molecule has 0 saturated heterocycles. The molecular weight excluding hydrogens is 198 g/mol. The van der Waals surface area contributed by atoms with Crippen molar-refractivity contribution >= 4 is 28.8 Å². The van der Waals surface area contributed by atoms with Gasteiger partial charge < -0.3 is 11.5 Å². The van der Waals surface area contributed by atoms with E-state index in [1.165, 1.54) is 17.5 Å². The molecule has 4 N–H and O–H groups in total. The maximum atomic E-state index is 10.5. The van der Waals surface area contributed by atoms with Crippen molar-refractivity contribution in [2.45, 2.75) is 12.5 Å². The van der Waals surface area contributed by atoms with Crippen LogP contribution in [0.2, 0.25) is 4.34 Å². The Morgan fingerprint density at radius 3 is 2.92 bits per heavy atom. The minimum absolute atomic E-state index is 0.101. The Labute approximate surface area is 78.5 Å². The molecule has 1 aromatic rings. The molecule has 0 aromatic carbocycles. The highest BCUT2D eigenvalue weighted by atomic mass is 35.5. The second-order valence-electron chi connectivity index (χ2n) is 2.28. The van der Waals surface area contributed by atoms with E-state index in [0.29, 0.717) is 9.34 Å². The first-order valence-corrected chi connectivity index (χ1v) is 4.44. The molecule has 12 heavy (non-hydrogen) atoms. The van der Waals surface area contributed by atoms with Crippen molar-refractivity contribution in [3.8, 4) is 0 Å². The molecule has 1 rings (SSSR count). The molecule has 0 unspecified atom stereocenters. The number of halogens is 1. The summed E-state index contributed by atoms with van der Waals surface area (Å²) in [4.78, 5) is 14.4. The third-order valence-electron chi connectivity index (χ3n) is 1.23. The van der Waals surface area contributed by atoms with Gasteiger partial charge in [0.25, 0.3) is 0 Å². The van der Waals surface area contributed by atoms with Crippen LogP contribution in [0, 0.1) is 0 Å². The van der Waals surface area contributed by atoms with Gasteiger partial charge in [-0.25, -0.2) is 4.98 Å². The average Bonchev–Trinajstić information content (AvgIpc) is 2.34. The first kappa shape index (κ1) is 9.44. The first-order chi connectivity index (χ1) is 5.59. The van der Waals surface area contributed by atoms with E-state index in [1.807, 2.05) is 0 Å². The molecule has 0 aliphatic carbocycles. The zero-order valence-electron chi connectivity index (χ0n) is 6.16. The van der Waals surface area contributed by atoms with E-state index in [0.717, 1.165) is 0 Å². The number of primary amides is 1. The van der Waals surface area contributed by atoms with Crippen molar-refractivity contribution < 1.29 is 4.79 Å². The highest BCUT2D eigenvalue weighted by molar-refractivity contribution is 7.15. The van der Waals surface area contributed by atoms with Gasteiger partial charge in [0.2, 0.25) is 5.91 Å². The maximum absolute atomic E-state index is 10.5. The molecule has 66 valence electrons. The summed E-state index contributed by atoms with van der Waals surface area (Å²) in [6.07, 6.45) is 1.60. The molecule has 0 aliphatic heterocycles. The van der Waals surface area contributed by atoms with E-state index in [2.05, 4.69) is 4.98 Å². The van der Waals surface area contributed by atoms with Crippen molar-refractivity contribution in [3.05, 3.63) is 15.5 Å². The zero-order chi connectivity index (χ0) is 9.14. The Morgan fingerprint density at radius 1 is 1.83 bits per heavy atom. The number of thiazole rings is 1. The SMILES string of the molecule is NC(=O)C[C@H](N)c1ncc(Cl)s1.